The summed E-state index contributed by atoms with van der Waals surface area (Å²) in [5, 5.41) is 0. The largest absolute Gasteiger partial charge is 0.384 e. The Hall–Kier alpha value is -0.740. The Morgan fingerprint density at radius 3 is 1.32 bits per heavy atom. The lowest BCUT2D eigenvalue weighted by atomic mass is 9.93. The van der Waals surface area contributed by atoms with Crippen LogP contribution in [0.4, 0.5) is 43.9 Å². The number of nitrogens with two attached hydrogens (primary N) is 1. The van der Waals surface area contributed by atoms with E-state index in [0.717, 1.165) is 0 Å². The minimum Gasteiger partial charge on any atom is -0.330 e. The molecule has 19 heavy (non-hydrogen) atoms. The first-order chi connectivity index (χ1) is 8.06. The van der Waals surface area contributed by atoms with Crippen LogP contribution < -0.4 is 5.73 Å². The first-order valence-corrected chi connectivity index (χ1v) is 4.65. The lowest BCUT2D eigenvalue weighted by Crippen LogP contribution is -2.66. The van der Waals surface area contributed by atoms with E-state index >= 15 is 0 Å². The molecule has 0 rings (SSSR count). The second kappa shape index (κ2) is 4.67. The molecule has 0 aliphatic heterocycles. The topological polar surface area (TPSA) is 26.0 Å². The summed E-state index contributed by atoms with van der Waals surface area (Å²) in [4.78, 5) is 0. The van der Waals surface area contributed by atoms with E-state index in [-0.39, 0.29) is 0 Å². The van der Waals surface area contributed by atoms with Gasteiger partial charge < -0.3 is 5.73 Å². The van der Waals surface area contributed by atoms with Crippen molar-refractivity contribution in [3.05, 3.63) is 0 Å². The smallest absolute Gasteiger partial charge is 0.330 e. The van der Waals surface area contributed by atoms with Gasteiger partial charge in [-0.1, -0.05) is 0 Å². The summed E-state index contributed by atoms with van der Waals surface area (Å²) in [7, 11) is 0. The zero-order valence-electron chi connectivity index (χ0n) is 9.27. The Balaban J connectivity index is 5.77. The van der Waals surface area contributed by atoms with E-state index < -0.39 is 49.5 Å². The van der Waals surface area contributed by atoms with Gasteiger partial charge in [0.15, 0.2) is 0 Å². The van der Waals surface area contributed by atoms with Gasteiger partial charge in [-0.2, -0.15) is 43.9 Å². The maximum absolute atomic E-state index is 12.8. The summed E-state index contributed by atoms with van der Waals surface area (Å²) in [5.41, 5.74) is 4.46. The molecule has 0 aromatic heterocycles. The van der Waals surface area contributed by atoms with Crippen LogP contribution in [-0.2, 0) is 0 Å². The fraction of sp³-hybridized carbons (Fsp3) is 1.00. The monoisotopic (exact) mass is 309 g/mol. The Morgan fingerprint density at radius 1 is 0.684 bits per heavy atom. The van der Waals surface area contributed by atoms with Crippen molar-refractivity contribution >= 4 is 0 Å². The normalized spacial score (nSPS) is 15.8. The maximum atomic E-state index is 12.8. The van der Waals surface area contributed by atoms with Gasteiger partial charge in [0.2, 0.25) is 0 Å². The molecule has 0 fully saturated rings. The number of alkyl halides is 10. The van der Waals surface area contributed by atoms with Crippen molar-refractivity contribution in [1.29, 1.82) is 0 Å². The number of rotatable bonds is 6. The molecule has 0 aliphatic carbocycles. The Kier molecular flexibility index (Phi) is 4.49. The van der Waals surface area contributed by atoms with Crippen molar-refractivity contribution in [2.75, 3.05) is 6.54 Å². The van der Waals surface area contributed by atoms with Gasteiger partial charge in [0.1, 0.15) is 0 Å². The highest BCUT2D eigenvalue weighted by Crippen LogP contribution is 2.57. The number of halogens is 10. The summed E-state index contributed by atoms with van der Waals surface area (Å²) in [6, 6.07) is 0. The van der Waals surface area contributed by atoms with Crippen LogP contribution in [0.5, 0.6) is 0 Å². The van der Waals surface area contributed by atoms with Crippen molar-refractivity contribution in [3.8, 4) is 0 Å². The molecular formula is C8H9F10N. The van der Waals surface area contributed by atoms with E-state index in [1.807, 2.05) is 0 Å². The molecule has 0 unspecified atom stereocenters. The van der Waals surface area contributed by atoms with E-state index in [1.54, 1.807) is 0 Å². The molecule has 0 atom stereocenters. The molecule has 0 aromatic rings. The van der Waals surface area contributed by atoms with Gasteiger partial charge in [0.05, 0.1) is 0 Å². The van der Waals surface area contributed by atoms with Gasteiger partial charge in [0, 0.05) is 13.3 Å². The third-order valence-electron chi connectivity index (χ3n) is 2.26. The molecule has 0 amide bonds. The van der Waals surface area contributed by atoms with E-state index in [1.165, 1.54) is 0 Å². The number of hydrogen-bond donors (Lipinski definition) is 1. The lowest BCUT2D eigenvalue weighted by molar-refractivity contribution is -0.399. The van der Waals surface area contributed by atoms with Crippen molar-refractivity contribution in [2.45, 2.75) is 43.0 Å². The zero-order valence-corrected chi connectivity index (χ0v) is 9.27. The third kappa shape index (κ3) is 2.61. The molecule has 0 heterocycles. The van der Waals surface area contributed by atoms with Crippen LogP contribution in [0.25, 0.3) is 0 Å². The second-order valence-electron chi connectivity index (χ2n) is 3.85. The Bertz CT molecular complexity index is 318. The van der Waals surface area contributed by atoms with Gasteiger partial charge in [0.25, 0.3) is 0 Å². The van der Waals surface area contributed by atoms with Gasteiger partial charge in [-0.05, 0) is 6.54 Å². The highest BCUT2D eigenvalue weighted by molar-refractivity contribution is 5.07. The molecule has 0 radical (unpaired) electrons. The second-order valence-corrected chi connectivity index (χ2v) is 3.85. The molecule has 2 N–H and O–H groups in total. The zero-order chi connectivity index (χ0) is 15.9. The Morgan fingerprint density at radius 2 is 1.05 bits per heavy atom. The van der Waals surface area contributed by atoms with Crippen LogP contribution in [0.15, 0.2) is 0 Å². The summed E-state index contributed by atoms with van der Waals surface area (Å²) < 4.78 is 126. The average molecular weight is 309 g/mol. The molecule has 1 nitrogen and oxygen atoms in total. The van der Waals surface area contributed by atoms with Crippen LogP contribution in [0, 0.1) is 0 Å². The summed E-state index contributed by atoms with van der Waals surface area (Å²) >= 11 is 0. The van der Waals surface area contributed by atoms with Gasteiger partial charge >= 0.3 is 29.6 Å². The molecule has 0 saturated heterocycles. The van der Waals surface area contributed by atoms with Crippen molar-refractivity contribution in [3.63, 3.8) is 0 Å². The van der Waals surface area contributed by atoms with Crippen LogP contribution >= 0.6 is 0 Å². The fourth-order valence-electron chi connectivity index (χ4n) is 1.04. The highest BCUT2D eigenvalue weighted by Gasteiger charge is 2.84. The summed E-state index contributed by atoms with van der Waals surface area (Å²) in [6.45, 7) is -2.01. The summed E-state index contributed by atoms with van der Waals surface area (Å²) in [5.74, 6) is -31.6. The molecular weight excluding hydrogens is 300 g/mol. The van der Waals surface area contributed by atoms with Crippen molar-refractivity contribution in [2.24, 2.45) is 5.73 Å². The Labute approximate surface area is 100 Å². The van der Waals surface area contributed by atoms with E-state index in [4.69, 9.17) is 0 Å². The maximum Gasteiger partial charge on any atom is 0.384 e. The average Bonchev–Trinajstić information content (AvgIpc) is 2.14. The predicted octanol–water partition coefficient (Wildman–Crippen LogP) is 3.53. The first kappa shape index (κ1) is 18.3. The molecule has 0 saturated carbocycles. The van der Waals surface area contributed by atoms with Gasteiger partial charge in [-0.25, -0.2) is 0 Å². The van der Waals surface area contributed by atoms with Crippen LogP contribution in [0.2, 0.25) is 0 Å². The van der Waals surface area contributed by atoms with Crippen molar-refractivity contribution in [1.82, 2.24) is 0 Å². The molecule has 116 valence electrons. The van der Waals surface area contributed by atoms with Crippen molar-refractivity contribution < 1.29 is 43.9 Å². The van der Waals surface area contributed by atoms with Crippen LogP contribution in [0.1, 0.15) is 13.3 Å². The molecule has 0 spiro atoms. The summed E-state index contributed by atoms with van der Waals surface area (Å²) in [6.07, 6.45) is -2.07. The first-order valence-electron chi connectivity index (χ1n) is 4.65. The molecule has 11 heteroatoms. The minimum atomic E-state index is -6.96. The predicted molar refractivity (Wildman–Crippen MR) is 44.1 cm³/mol. The van der Waals surface area contributed by atoms with E-state index in [2.05, 4.69) is 5.73 Å². The molecule has 0 aliphatic rings. The van der Waals surface area contributed by atoms with E-state index in [9.17, 15) is 43.9 Å². The van der Waals surface area contributed by atoms with Gasteiger partial charge in [-0.3, -0.25) is 0 Å². The highest BCUT2D eigenvalue weighted by atomic mass is 19.4. The molecule has 0 bridgehead atoms. The fourth-order valence-corrected chi connectivity index (χ4v) is 1.04. The van der Waals surface area contributed by atoms with Crippen LogP contribution in [-0.4, -0.2) is 36.2 Å². The van der Waals surface area contributed by atoms with Crippen LogP contribution in [0.3, 0.4) is 0 Å². The van der Waals surface area contributed by atoms with Gasteiger partial charge in [-0.15, -0.1) is 0 Å². The number of hydrogen-bond acceptors (Lipinski definition) is 1. The lowest BCUT2D eigenvalue weighted by Gasteiger charge is -2.38. The molecule has 0 aromatic carbocycles. The third-order valence-corrected chi connectivity index (χ3v) is 2.26. The van der Waals surface area contributed by atoms with E-state index in [0.29, 0.717) is 0 Å². The quantitative estimate of drug-likeness (QED) is 0.746. The minimum absolute atomic E-state index is 0.780. The standard InChI is InChI=1S/C8H9F10N/c1-4(9,10)6(13,14)8(17,18)7(15,16)5(11,12)2-3-19/h2-3,19H2,1H3. The SMILES string of the molecule is CC(F)(F)C(F)(F)C(F)(F)C(F)(F)C(F)(F)CCN.